The van der Waals surface area contributed by atoms with Crippen molar-refractivity contribution in [1.29, 1.82) is 0 Å². The van der Waals surface area contributed by atoms with Crippen LogP contribution in [0.15, 0.2) is 36.5 Å². The SMILES string of the molecule is COc1ccc2ncc(Cl)c(CCCC3(CC(=O)O)CCN(CCOc4cc(F)cc(F)c4F)CC3)c2c1. The molecule has 1 saturated heterocycles. The zero-order valence-electron chi connectivity index (χ0n) is 21.1. The molecule has 1 aliphatic heterocycles. The number of halogens is 4. The summed E-state index contributed by atoms with van der Waals surface area (Å²) in [4.78, 5) is 18.2. The van der Waals surface area contributed by atoms with Gasteiger partial charge in [0.15, 0.2) is 11.6 Å². The van der Waals surface area contributed by atoms with Gasteiger partial charge in [-0.05, 0) is 74.4 Å². The van der Waals surface area contributed by atoms with E-state index >= 15 is 0 Å². The summed E-state index contributed by atoms with van der Waals surface area (Å²) in [6.45, 7) is 1.78. The minimum absolute atomic E-state index is 0.0584. The lowest BCUT2D eigenvalue weighted by molar-refractivity contribution is -0.140. The van der Waals surface area contributed by atoms with Crippen LogP contribution in [0.3, 0.4) is 0 Å². The lowest BCUT2D eigenvalue weighted by Crippen LogP contribution is -2.42. The molecule has 1 aliphatic rings. The number of fused-ring (bicyclic) bond motifs is 1. The molecule has 1 N–H and O–H groups in total. The van der Waals surface area contributed by atoms with Crippen molar-refractivity contribution >= 4 is 28.5 Å². The Hall–Kier alpha value is -3.04. The number of likely N-dealkylation sites (tertiary alicyclic amines) is 1. The van der Waals surface area contributed by atoms with Crippen LogP contribution >= 0.6 is 11.6 Å². The molecule has 0 spiro atoms. The van der Waals surface area contributed by atoms with Gasteiger partial charge >= 0.3 is 5.97 Å². The van der Waals surface area contributed by atoms with Gasteiger partial charge in [-0.15, -0.1) is 0 Å². The number of hydrogen-bond donors (Lipinski definition) is 1. The molecule has 0 saturated carbocycles. The number of carboxylic acid groups (broad SMARTS) is 1. The lowest BCUT2D eigenvalue weighted by Gasteiger charge is -2.41. The van der Waals surface area contributed by atoms with Gasteiger partial charge in [0, 0.05) is 30.3 Å². The van der Waals surface area contributed by atoms with E-state index in [2.05, 4.69) is 9.88 Å². The van der Waals surface area contributed by atoms with E-state index in [1.54, 1.807) is 13.3 Å². The van der Waals surface area contributed by atoms with Crippen LogP contribution in [-0.2, 0) is 11.2 Å². The number of carbonyl (C=O) groups is 1. The number of hydrogen-bond acceptors (Lipinski definition) is 5. The van der Waals surface area contributed by atoms with E-state index in [-0.39, 0.29) is 18.4 Å². The van der Waals surface area contributed by atoms with Crippen LogP contribution in [-0.4, -0.2) is 54.3 Å². The van der Waals surface area contributed by atoms with Crippen molar-refractivity contribution in [2.45, 2.75) is 38.5 Å². The molecule has 2 heterocycles. The summed E-state index contributed by atoms with van der Waals surface area (Å²) in [5.41, 5.74) is 1.44. The summed E-state index contributed by atoms with van der Waals surface area (Å²) in [5, 5.41) is 11.1. The average Bonchev–Trinajstić information content (AvgIpc) is 2.88. The Labute approximate surface area is 224 Å². The van der Waals surface area contributed by atoms with Crippen molar-refractivity contribution in [2.24, 2.45) is 5.41 Å². The molecule has 4 rings (SSSR count). The molecular formula is C28H30ClF3N2O4. The number of carboxylic acids is 1. The lowest BCUT2D eigenvalue weighted by atomic mass is 9.72. The molecule has 1 fully saturated rings. The van der Waals surface area contributed by atoms with Crippen LogP contribution in [0.5, 0.6) is 11.5 Å². The normalized spacial score (nSPS) is 15.5. The fraction of sp³-hybridized carbons (Fsp3) is 0.429. The van der Waals surface area contributed by atoms with Crippen LogP contribution < -0.4 is 9.47 Å². The summed E-state index contributed by atoms with van der Waals surface area (Å²) >= 11 is 6.50. The van der Waals surface area contributed by atoms with Crippen LogP contribution in [0, 0.1) is 22.9 Å². The molecule has 204 valence electrons. The van der Waals surface area contributed by atoms with Gasteiger partial charge < -0.3 is 14.6 Å². The minimum atomic E-state index is -1.29. The predicted octanol–water partition coefficient (Wildman–Crippen LogP) is 6.27. The molecule has 2 aromatic carbocycles. The molecule has 3 aromatic rings. The third-order valence-corrected chi connectivity index (χ3v) is 7.66. The smallest absolute Gasteiger partial charge is 0.303 e. The van der Waals surface area contributed by atoms with E-state index < -0.39 is 29.2 Å². The highest BCUT2D eigenvalue weighted by molar-refractivity contribution is 6.32. The van der Waals surface area contributed by atoms with Crippen LogP contribution in [0.1, 0.15) is 37.7 Å². The van der Waals surface area contributed by atoms with E-state index in [0.29, 0.717) is 55.7 Å². The molecule has 38 heavy (non-hydrogen) atoms. The predicted molar refractivity (Wildman–Crippen MR) is 138 cm³/mol. The second-order valence-corrected chi connectivity index (χ2v) is 10.2. The van der Waals surface area contributed by atoms with Crippen LogP contribution in [0.2, 0.25) is 5.02 Å². The second-order valence-electron chi connectivity index (χ2n) is 9.78. The maximum absolute atomic E-state index is 13.8. The number of ether oxygens (including phenoxy) is 2. The standard InChI is InChI=1S/C28H30ClF3N2O4/c1-37-19-4-5-24-21(15-19)20(22(29)17-33-24)3-2-6-28(16-26(35)36)7-9-34(10-8-28)11-12-38-25-14-18(30)13-23(31)27(25)32/h4-5,13-15,17H,2-3,6-12,16H2,1H3,(H,35,36). The molecule has 10 heteroatoms. The summed E-state index contributed by atoms with van der Waals surface area (Å²) in [6.07, 6.45) is 5.24. The fourth-order valence-electron chi connectivity index (χ4n) is 5.23. The number of nitrogens with zero attached hydrogens (tertiary/aromatic N) is 2. The van der Waals surface area contributed by atoms with Crippen molar-refractivity contribution in [2.75, 3.05) is 33.4 Å². The van der Waals surface area contributed by atoms with Gasteiger partial charge in [0.2, 0.25) is 5.82 Å². The first kappa shape index (κ1) is 28.0. The molecule has 0 bridgehead atoms. The summed E-state index contributed by atoms with van der Waals surface area (Å²) in [7, 11) is 1.60. The summed E-state index contributed by atoms with van der Waals surface area (Å²) < 4.78 is 51.2. The zero-order chi connectivity index (χ0) is 27.3. The maximum atomic E-state index is 13.8. The number of methoxy groups -OCH3 is 1. The Bertz CT molecular complexity index is 1300. The second kappa shape index (κ2) is 12.2. The highest BCUT2D eigenvalue weighted by Crippen LogP contribution is 2.40. The van der Waals surface area contributed by atoms with E-state index in [4.69, 9.17) is 21.1 Å². The molecule has 0 atom stereocenters. The Morgan fingerprint density at radius 3 is 2.66 bits per heavy atom. The van der Waals surface area contributed by atoms with Crippen molar-refractivity contribution in [3.63, 3.8) is 0 Å². The molecule has 1 aromatic heterocycles. The van der Waals surface area contributed by atoms with Gasteiger partial charge in [0.05, 0.1) is 24.1 Å². The van der Waals surface area contributed by atoms with Crippen LogP contribution in [0.25, 0.3) is 10.9 Å². The number of aryl methyl sites for hydroxylation is 1. The third kappa shape index (κ3) is 6.69. The maximum Gasteiger partial charge on any atom is 0.303 e. The van der Waals surface area contributed by atoms with E-state index in [1.807, 2.05) is 18.2 Å². The minimum Gasteiger partial charge on any atom is -0.497 e. The molecule has 0 aliphatic carbocycles. The van der Waals surface area contributed by atoms with Crippen LogP contribution in [0.4, 0.5) is 13.2 Å². The highest BCUT2D eigenvalue weighted by atomic mass is 35.5. The summed E-state index contributed by atoms with van der Waals surface area (Å²) in [6, 6.07) is 6.94. The van der Waals surface area contributed by atoms with Crippen molar-refractivity contribution in [3.05, 3.63) is 64.6 Å². The highest BCUT2D eigenvalue weighted by Gasteiger charge is 2.36. The number of piperidine rings is 1. The quantitative estimate of drug-likeness (QED) is 0.284. The molecule has 0 radical (unpaired) electrons. The first-order chi connectivity index (χ1) is 18.2. The Morgan fingerprint density at radius 1 is 1.18 bits per heavy atom. The third-order valence-electron chi connectivity index (χ3n) is 7.34. The molecule has 6 nitrogen and oxygen atoms in total. The average molecular weight is 551 g/mol. The molecule has 0 unspecified atom stereocenters. The number of aromatic nitrogens is 1. The Balaban J connectivity index is 1.35. The first-order valence-electron chi connectivity index (χ1n) is 12.5. The Morgan fingerprint density at radius 2 is 1.95 bits per heavy atom. The number of pyridine rings is 1. The number of rotatable bonds is 11. The van der Waals surface area contributed by atoms with Crippen molar-refractivity contribution in [1.82, 2.24) is 9.88 Å². The van der Waals surface area contributed by atoms with Crippen molar-refractivity contribution in [3.8, 4) is 11.5 Å². The summed E-state index contributed by atoms with van der Waals surface area (Å²) in [5.74, 6) is -3.99. The Kier molecular flexibility index (Phi) is 8.99. The van der Waals surface area contributed by atoms with Gasteiger partial charge in [0.25, 0.3) is 0 Å². The molecular weight excluding hydrogens is 521 g/mol. The number of aliphatic carboxylic acids is 1. The first-order valence-corrected chi connectivity index (χ1v) is 12.9. The zero-order valence-corrected chi connectivity index (χ0v) is 21.9. The van der Waals surface area contributed by atoms with Gasteiger partial charge in [0.1, 0.15) is 18.2 Å². The van der Waals surface area contributed by atoms with Gasteiger partial charge in [-0.25, -0.2) is 8.78 Å². The van der Waals surface area contributed by atoms with Crippen molar-refractivity contribution < 1.29 is 32.5 Å². The number of benzene rings is 2. The van der Waals surface area contributed by atoms with Gasteiger partial charge in [-0.3, -0.25) is 14.7 Å². The van der Waals surface area contributed by atoms with Gasteiger partial charge in [-0.1, -0.05) is 11.6 Å². The monoisotopic (exact) mass is 550 g/mol. The van der Waals surface area contributed by atoms with E-state index in [0.717, 1.165) is 35.4 Å². The largest absolute Gasteiger partial charge is 0.497 e. The van der Waals surface area contributed by atoms with E-state index in [1.165, 1.54) is 0 Å². The fourth-order valence-corrected chi connectivity index (χ4v) is 5.48. The van der Waals surface area contributed by atoms with E-state index in [9.17, 15) is 23.1 Å². The molecule has 0 amide bonds. The van der Waals surface area contributed by atoms with Gasteiger partial charge in [-0.2, -0.15) is 4.39 Å². The topological polar surface area (TPSA) is 71.9 Å².